The third kappa shape index (κ3) is 3.93. The van der Waals surface area contributed by atoms with Crippen LogP contribution in [0.5, 0.6) is 0 Å². The molecule has 2 heterocycles. The Labute approximate surface area is 185 Å². The summed E-state index contributed by atoms with van der Waals surface area (Å²) in [4.78, 5) is 30.3. The van der Waals surface area contributed by atoms with Gasteiger partial charge in [0.05, 0.1) is 17.1 Å². The van der Waals surface area contributed by atoms with Crippen molar-refractivity contribution in [3.05, 3.63) is 81.9 Å². The molecule has 7 heteroatoms. The van der Waals surface area contributed by atoms with Gasteiger partial charge in [0.15, 0.2) is 5.82 Å². The standard InChI is InChI=1S/C25H24N4O3/c1-15-7-9-17(10-8-15)16(2)26-22(30)14-29-21-6-4-3-5-19(21)20(13-23(29)31)25-27-24(28-32-25)18-11-12-18/h3-10,13,16,18H,11-12,14H2,1-2H3,(H,26,30). The van der Waals surface area contributed by atoms with Crippen molar-refractivity contribution in [1.82, 2.24) is 20.0 Å². The minimum absolute atomic E-state index is 0.0764. The number of pyridine rings is 1. The monoisotopic (exact) mass is 428 g/mol. The Balaban J connectivity index is 1.44. The zero-order valence-corrected chi connectivity index (χ0v) is 18.0. The van der Waals surface area contributed by atoms with Crippen molar-refractivity contribution in [2.24, 2.45) is 0 Å². The maximum absolute atomic E-state index is 13.0. The highest BCUT2D eigenvalue weighted by Crippen LogP contribution is 2.39. The lowest BCUT2D eigenvalue weighted by atomic mass is 10.1. The average molecular weight is 428 g/mol. The molecule has 32 heavy (non-hydrogen) atoms. The maximum atomic E-state index is 13.0. The van der Waals surface area contributed by atoms with Crippen LogP contribution in [0.1, 0.15) is 48.7 Å². The van der Waals surface area contributed by atoms with E-state index in [9.17, 15) is 9.59 Å². The Bertz CT molecular complexity index is 1350. The zero-order chi connectivity index (χ0) is 22.2. The fourth-order valence-corrected chi connectivity index (χ4v) is 3.90. The van der Waals surface area contributed by atoms with E-state index in [1.807, 2.05) is 62.4 Å². The molecule has 0 spiro atoms. The minimum Gasteiger partial charge on any atom is -0.348 e. The van der Waals surface area contributed by atoms with Crippen LogP contribution in [-0.2, 0) is 11.3 Å². The van der Waals surface area contributed by atoms with Crippen molar-refractivity contribution in [1.29, 1.82) is 0 Å². The molecule has 1 aliphatic carbocycles. The van der Waals surface area contributed by atoms with E-state index in [-0.39, 0.29) is 24.1 Å². The number of carbonyl (C=O) groups is 1. The van der Waals surface area contributed by atoms with Crippen LogP contribution in [0.4, 0.5) is 0 Å². The predicted molar refractivity (Wildman–Crippen MR) is 121 cm³/mol. The molecule has 4 aromatic rings. The predicted octanol–water partition coefficient (Wildman–Crippen LogP) is 4.11. The van der Waals surface area contributed by atoms with E-state index in [2.05, 4.69) is 15.5 Å². The van der Waals surface area contributed by atoms with Crippen LogP contribution in [0.3, 0.4) is 0 Å². The average Bonchev–Trinajstić information content (AvgIpc) is 3.52. The van der Waals surface area contributed by atoms with Crippen molar-refractivity contribution < 1.29 is 9.32 Å². The summed E-state index contributed by atoms with van der Waals surface area (Å²) >= 11 is 0. The SMILES string of the molecule is Cc1ccc(C(C)NC(=O)Cn2c(=O)cc(-c3nc(C4CC4)no3)c3ccccc32)cc1. The number of hydrogen-bond donors (Lipinski definition) is 1. The Morgan fingerprint density at radius 2 is 1.94 bits per heavy atom. The van der Waals surface area contributed by atoms with E-state index in [0.717, 1.165) is 29.4 Å². The highest BCUT2D eigenvalue weighted by molar-refractivity contribution is 5.93. The summed E-state index contributed by atoms with van der Waals surface area (Å²) < 4.78 is 6.94. The molecule has 0 saturated heterocycles. The van der Waals surface area contributed by atoms with E-state index in [1.54, 1.807) is 0 Å². The molecule has 1 fully saturated rings. The summed E-state index contributed by atoms with van der Waals surface area (Å²) in [7, 11) is 0. The molecule has 2 aromatic carbocycles. The smallest absolute Gasteiger partial charge is 0.258 e. The molecule has 0 radical (unpaired) electrons. The van der Waals surface area contributed by atoms with Crippen LogP contribution < -0.4 is 10.9 Å². The van der Waals surface area contributed by atoms with E-state index >= 15 is 0 Å². The first-order chi connectivity index (χ1) is 15.5. The van der Waals surface area contributed by atoms with Crippen molar-refractivity contribution in [3.8, 4) is 11.5 Å². The molecule has 162 valence electrons. The number of hydrogen-bond acceptors (Lipinski definition) is 5. The van der Waals surface area contributed by atoms with Gasteiger partial charge in [-0.1, -0.05) is 53.2 Å². The molecule has 2 aromatic heterocycles. The Kier molecular flexibility index (Phi) is 5.09. The first-order valence-corrected chi connectivity index (χ1v) is 10.8. The zero-order valence-electron chi connectivity index (χ0n) is 18.0. The number of nitrogens with one attached hydrogen (secondary N) is 1. The second-order valence-corrected chi connectivity index (χ2v) is 8.43. The summed E-state index contributed by atoms with van der Waals surface area (Å²) in [6, 6.07) is 16.8. The number of aryl methyl sites for hydroxylation is 1. The molecule has 5 rings (SSSR count). The summed E-state index contributed by atoms with van der Waals surface area (Å²) in [6.07, 6.45) is 2.13. The van der Waals surface area contributed by atoms with Crippen molar-refractivity contribution in [2.45, 2.75) is 45.2 Å². The van der Waals surface area contributed by atoms with Gasteiger partial charge in [-0.3, -0.25) is 14.2 Å². The van der Waals surface area contributed by atoms with Gasteiger partial charge in [0.1, 0.15) is 6.54 Å². The number of nitrogens with zero attached hydrogens (tertiary/aromatic N) is 3. The first kappa shape index (κ1) is 20.2. The largest absolute Gasteiger partial charge is 0.348 e. The Morgan fingerprint density at radius 3 is 2.69 bits per heavy atom. The third-order valence-electron chi connectivity index (χ3n) is 5.89. The molecule has 1 N–H and O–H groups in total. The van der Waals surface area contributed by atoms with Crippen molar-refractivity contribution in [2.75, 3.05) is 0 Å². The molecule has 1 saturated carbocycles. The van der Waals surface area contributed by atoms with Crippen LogP contribution in [0.25, 0.3) is 22.4 Å². The summed E-state index contributed by atoms with van der Waals surface area (Å²) in [5.41, 5.74) is 3.13. The number of fused-ring (bicyclic) bond motifs is 1. The quantitative estimate of drug-likeness (QED) is 0.499. The van der Waals surface area contributed by atoms with E-state index < -0.39 is 0 Å². The van der Waals surface area contributed by atoms with Crippen LogP contribution in [0, 0.1) is 6.92 Å². The van der Waals surface area contributed by atoms with Crippen LogP contribution >= 0.6 is 0 Å². The molecule has 0 aliphatic heterocycles. The molecule has 1 aliphatic rings. The highest BCUT2D eigenvalue weighted by atomic mass is 16.5. The minimum atomic E-state index is -0.289. The first-order valence-electron chi connectivity index (χ1n) is 10.8. The summed E-state index contributed by atoms with van der Waals surface area (Å²) in [5, 5.41) is 7.84. The van der Waals surface area contributed by atoms with Crippen LogP contribution in [-0.4, -0.2) is 20.6 Å². The van der Waals surface area contributed by atoms with Gasteiger partial charge in [-0.15, -0.1) is 0 Å². The highest BCUT2D eigenvalue weighted by Gasteiger charge is 2.29. The van der Waals surface area contributed by atoms with Crippen molar-refractivity contribution >= 4 is 16.8 Å². The number of aromatic nitrogens is 3. The fourth-order valence-electron chi connectivity index (χ4n) is 3.90. The Morgan fingerprint density at radius 1 is 1.19 bits per heavy atom. The van der Waals surface area contributed by atoms with Crippen molar-refractivity contribution in [3.63, 3.8) is 0 Å². The molecule has 0 bridgehead atoms. The number of carbonyl (C=O) groups excluding carboxylic acids is 1. The van der Waals surface area contributed by atoms with Gasteiger partial charge in [-0.05, 0) is 38.3 Å². The lowest BCUT2D eigenvalue weighted by molar-refractivity contribution is -0.122. The van der Waals surface area contributed by atoms with E-state index in [1.165, 1.54) is 10.6 Å². The lowest BCUT2D eigenvalue weighted by Crippen LogP contribution is -2.34. The lowest BCUT2D eigenvalue weighted by Gasteiger charge is -2.16. The van der Waals surface area contributed by atoms with Gasteiger partial charge in [0.2, 0.25) is 5.91 Å². The second-order valence-electron chi connectivity index (χ2n) is 8.43. The normalized spacial score (nSPS) is 14.4. The number of amides is 1. The van der Waals surface area contributed by atoms with Crippen LogP contribution in [0.15, 0.2) is 63.9 Å². The molecular weight excluding hydrogens is 404 g/mol. The molecule has 1 atom stereocenters. The molecular formula is C25H24N4O3. The number of benzene rings is 2. The molecule has 1 amide bonds. The fraction of sp³-hybridized carbons (Fsp3) is 0.280. The topological polar surface area (TPSA) is 90.0 Å². The van der Waals surface area contributed by atoms with Gasteiger partial charge >= 0.3 is 0 Å². The third-order valence-corrected chi connectivity index (χ3v) is 5.89. The van der Waals surface area contributed by atoms with Gasteiger partial charge in [-0.25, -0.2) is 0 Å². The van der Waals surface area contributed by atoms with E-state index in [4.69, 9.17) is 4.52 Å². The summed E-state index contributed by atoms with van der Waals surface area (Å²) in [6.45, 7) is 3.88. The maximum Gasteiger partial charge on any atom is 0.258 e. The Hall–Kier alpha value is -3.74. The molecule has 1 unspecified atom stereocenters. The van der Waals surface area contributed by atoms with Gasteiger partial charge < -0.3 is 9.84 Å². The van der Waals surface area contributed by atoms with Gasteiger partial charge in [0, 0.05) is 17.4 Å². The summed E-state index contributed by atoms with van der Waals surface area (Å²) in [5.74, 6) is 1.16. The van der Waals surface area contributed by atoms with Gasteiger partial charge in [-0.2, -0.15) is 4.98 Å². The number of rotatable bonds is 6. The molecule has 7 nitrogen and oxygen atoms in total. The second kappa shape index (κ2) is 8.07. The van der Waals surface area contributed by atoms with Gasteiger partial charge in [0.25, 0.3) is 11.4 Å². The van der Waals surface area contributed by atoms with E-state index in [0.29, 0.717) is 28.7 Å². The number of para-hydroxylation sites is 1. The van der Waals surface area contributed by atoms with Crippen LogP contribution in [0.2, 0.25) is 0 Å².